The first-order chi connectivity index (χ1) is 6.36. The minimum Gasteiger partial charge on any atom is -0.312 e. The second-order valence-electron chi connectivity index (χ2n) is 4.28. The molecule has 2 aliphatic rings. The summed E-state index contributed by atoms with van der Waals surface area (Å²) in [5, 5.41) is 3.49. The van der Waals surface area contributed by atoms with Gasteiger partial charge in [-0.1, -0.05) is 12.2 Å². The second kappa shape index (κ2) is 4.25. The Balaban J connectivity index is 1.91. The zero-order valence-corrected chi connectivity index (χ0v) is 8.50. The zero-order valence-electron chi connectivity index (χ0n) is 8.50. The first-order valence-corrected chi connectivity index (χ1v) is 5.50. The summed E-state index contributed by atoms with van der Waals surface area (Å²) in [4.78, 5) is 2.62. The number of nitrogens with zero attached hydrogens (tertiary/aromatic N) is 1. The highest BCUT2D eigenvalue weighted by Crippen LogP contribution is 2.17. The van der Waals surface area contributed by atoms with Gasteiger partial charge in [0, 0.05) is 31.7 Å². The van der Waals surface area contributed by atoms with E-state index in [4.69, 9.17) is 0 Å². The van der Waals surface area contributed by atoms with Gasteiger partial charge in [0.05, 0.1) is 0 Å². The molecule has 0 bridgehead atoms. The minimum atomic E-state index is 0.670. The second-order valence-corrected chi connectivity index (χ2v) is 4.28. The van der Waals surface area contributed by atoms with Crippen LogP contribution in [0.2, 0.25) is 0 Å². The maximum absolute atomic E-state index is 3.49. The van der Waals surface area contributed by atoms with E-state index >= 15 is 0 Å². The Kier molecular flexibility index (Phi) is 3.01. The average molecular weight is 180 g/mol. The molecule has 1 N–H and O–H groups in total. The van der Waals surface area contributed by atoms with Crippen molar-refractivity contribution in [3.63, 3.8) is 0 Å². The number of piperazine rings is 1. The molecule has 0 aromatic rings. The van der Waals surface area contributed by atoms with Crippen molar-refractivity contribution in [3.05, 3.63) is 12.2 Å². The fourth-order valence-electron chi connectivity index (χ4n) is 2.36. The fourth-order valence-corrected chi connectivity index (χ4v) is 2.36. The number of allylic oxidation sites excluding steroid dienone is 1. The Hall–Kier alpha value is -0.340. The van der Waals surface area contributed by atoms with Crippen LogP contribution in [0.3, 0.4) is 0 Å². The van der Waals surface area contributed by atoms with Crippen molar-refractivity contribution in [1.82, 2.24) is 10.2 Å². The largest absolute Gasteiger partial charge is 0.312 e. The number of hydrogen-bond donors (Lipinski definition) is 1. The van der Waals surface area contributed by atoms with Gasteiger partial charge in [-0.3, -0.25) is 4.90 Å². The van der Waals surface area contributed by atoms with Gasteiger partial charge >= 0.3 is 0 Å². The van der Waals surface area contributed by atoms with Crippen LogP contribution >= 0.6 is 0 Å². The molecule has 74 valence electrons. The molecule has 1 aliphatic carbocycles. The van der Waals surface area contributed by atoms with Crippen LogP contribution in [-0.4, -0.2) is 36.6 Å². The van der Waals surface area contributed by atoms with E-state index in [2.05, 4.69) is 29.3 Å². The summed E-state index contributed by atoms with van der Waals surface area (Å²) in [7, 11) is 0. The van der Waals surface area contributed by atoms with Gasteiger partial charge in [0.2, 0.25) is 0 Å². The van der Waals surface area contributed by atoms with Crippen LogP contribution in [0.25, 0.3) is 0 Å². The molecule has 0 radical (unpaired) electrons. The maximum atomic E-state index is 3.49. The number of rotatable bonds is 1. The molecule has 2 heteroatoms. The lowest BCUT2D eigenvalue weighted by Gasteiger charge is -2.37. The van der Waals surface area contributed by atoms with Gasteiger partial charge in [-0.25, -0.2) is 0 Å². The topological polar surface area (TPSA) is 15.3 Å². The standard InChI is InChI=1S/C11H20N2/c1-10-9-13(8-7-12-10)11-5-3-2-4-6-11/h3,5,10-12H,2,4,6-9H2,1H3/t10-,11?/m0/s1. The van der Waals surface area contributed by atoms with Gasteiger partial charge in [-0.05, 0) is 26.2 Å². The monoisotopic (exact) mass is 180 g/mol. The predicted molar refractivity (Wildman–Crippen MR) is 55.8 cm³/mol. The van der Waals surface area contributed by atoms with Gasteiger partial charge in [0.25, 0.3) is 0 Å². The van der Waals surface area contributed by atoms with E-state index in [1.165, 1.54) is 32.4 Å². The van der Waals surface area contributed by atoms with Crippen LogP contribution in [0.4, 0.5) is 0 Å². The molecular weight excluding hydrogens is 160 g/mol. The summed E-state index contributed by atoms with van der Waals surface area (Å²) >= 11 is 0. The van der Waals surface area contributed by atoms with Crippen LogP contribution in [0.5, 0.6) is 0 Å². The molecule has 1 aliphatic heterocycles. The Morgan fingerprint density at radius 1 is 1.46 bits per heavy atom. The Morgan fingerprint density at radius 3 is 3.08 bits per heavy atom. The predicted octanol–water partition coefficient (Wildman–Crippen LogP) is 1.39. The molecule has 0 amide bonds. The van der Waals surface area contributed by atoms with E-state index in [-0.39, 0.29) is 0 Å². The highest BCUT2D eigenvalue weighted by Gasteiger charge is 2.22. The summed E-state index contributed by atoms with van der Waals surface area (Å²) in [6.07, 6.45) is 8.78. The van der Waals surface area contributed by atoms with E-state index in [0.717, 1.165) is 12.6 Å². The van der Waals surface area contributed by atoms with Crippen molar-refractivity contribution in [2.75, 3.05) is 19.6 Å². The van der Waals surface area contributed by atoms with Crippen molar-refractivity contribution in [2.24, 2.45) is 0 Å². The molecule has 1 heterocycles. The van der Waals surface area contributed by atoms with E-state index in [1.54, 1.807) is 0 Å². The third-order valence-electron chi connectivity index (χ3n) is 3.10. The normalized spacial score (nSPS) is 36.4. The number of nitrogens with one attached hydrogen (secondary N) is 1. The summed E-state index contributed by atoms with van der Waals surface area (Å²) in [5.74, 6) is 0. The molecule has 13 heavy (non-hydrogen) atoms. The van der Waals surface area contributed by atoms with Crippen LogP contribution in [0.15, 0.2) is 12.2 Å². The SMILES string of the molecule is C[C@H]1CN(C2C=CCCC2)CCN1. The molecule has 2 atom stereocenters. The molecule has 0 aromatic carbocycles. The molecule has 1 unspecified atom stereocenters. The van der Waals surface area contributed by atoms with E-state index in [9.17, 15) is 0 Å². The minimum absolute atomic E-state index is 0.670. The van der Waals surface area contributed by atoms with Crippen LogP contribution in [-0.2, 0) is 0 Å². The molecule has 0 saturated carbocycles. The van der Waals surface area contributed by atoms with E-state index in [1.807, 2.05) is 0 Å². The van der Waals surface area contributed by atoms with Crippen molar-refractivity contribution in [1.29, 1.82) is 0 Å². The van der Waals surface area contributed by atoms with Crippen LogP contribution in [0.1, 0.15) is 26.2 Å². The van der Waals surface area contributed by atoms with Gasteiger partial charge in [0.1, 0.15) is 0 Å². The highest BCUT2D eigenvalue weighted by molar-refractivity contribution is 4.99. The van der Waals surface area contributed by atoms with Gasteiger partial charge in [-0.15, -0.1) is 0 Å². The Morgan fingerprint density at radius 2 is 2.38 bits per heavy atom. The Labute approximate surface area is 81.0 Å². The van der Waals surface area contributed by atoms with E-state index < -0.39 is 0 Å². The van der Waals surface area contributed by atoms with Crippen molar-refractivity contribution < 1.29 is 0 Å². The average Bonchev–Trinajstić information content (AvgIpc) is 2.19. The summed E-state index contributed by atoms with van der Waals surface area (Å²) in [5.41, 5.74) is 0. The fraction of sp³-hybridized carbons (Fsp3) is 0.818. The smallest absolute Gasteiger partial charge is 0.0279 e. The maximum Gasteiger partial charge on any atom is 0.0279 e. The van der Waals surface area contributed by atoms with Crippen LogP contribution < -0.4 is 5.32 Å². The first kappa shape index (κ1) is 9.22. The van der Waals surface area contributed by atoms with Gasteiger partial charge in [-0.2, -0.15) is 0 Å². The molecular formula is C11H20N2. The van der Waals surface area contributed by atoms with Crippen LogP contribution in [0, 0.1) is 0 Å². The van der Waals surface area contributed by atoms with Gasteiger partial charge in [0.15, 0.2) is 0 Å². The van der Waals surface area contributed by atoms with E-state index in [0.29, 0.717) is 6.04 Å². The quantitative estimate of drug-likeness (QED) is 0.613. The zero-order chi connectivity index (χ0) is 9.10. The van der Waals surface area contributed by atoms with Crippen molar-refractivity contribution >= 4 is 0 Å². The molecule has 2 rings (SSSR count). The number of hydrogen-bond acceptors (Lipinski definition) is 2. The Bertz CT molecular complexity index is 189. The van der Waals surface area contributed by atoms with Gasteiger partial charge < -0.3 is 5.32 Å². The molecule has 2 nitrogen and oxygen atoms in total. The summed E-state index contributed by atoms with van der Waals surface area (Å²) in [6.45, 7) is 5.87. The van der Waals surface area contributed by atoms with Crippen molar-refractivity contribution in [2.45, 2.75) is 38.3 Å². The molecule has 1 fully saturated rings. The first-order valence-electron chi connectivity index (χ1n) is 5.50. The summed E-state index contributed by atoms with van der Waals surface area (Å²) in [6, 6.07) is 1.40. The lowest BCUT2D eigenvalue weighted by Crippen LogP contribution is -2.52. The lowest BCUT2D eigenvalue weighted by atomic mass is 10.0. The highest BCUT2D eigenvalue weighted by atomic mass is 15.2. The third-order valence-corrected chi connectivity index (χ3v) is 3.10. The van der Waals surface area contributed by atoms with Crippen molar-refractivity contribution in [3.8, 4) is 0 Å². The lowest BCUT2D eigenvalue weighted by molar-refractivity contribution is 0.163. The third kappa shape index (κ3) is 2.32. The molecule has 0 spiro atoms. The molecule has 1 saturated heterocycles. The summed E-state index contributed by atoms with van der Waals surface area (Å²) < 4.78 is 0. The molecule has 0 aromatic heterocycles.